The van der Waals surface area contributed by atoms with Crippen LogP contribution in [0, 0.1) is 5.82 Å². The zero-order valence-corrected chi connectivity index (χ0v) is 22.0. The topological polar surface area (TPSA) is 65.7 Å². The second-order valence-corrected chi connectivity index (χ2v) is 9.24. The molecule has 0 bridgehead atoms. The van der Waals surface area contributed by atoms with Crippen LogP contribution in [-0.2, 0) is 6.61 Å². The molecular weight excluding hydrogens is 525 g/mol. The van der Waals surface area contributed by atoms with Gasteiger partial charge in [-0.25, -0.2) is 9.37 Å². The van der Waals surface area contributed by atoms with Crippen LogP contribution in [0.1, 0.15) is 50.1 Å². The van der Waals surface area contributed by atoms with Crippen LogP contribution in [-0.4, -0.2) is 22.5 Å². The van der Waals surface area contributed by atoms with Gasteiger partial charge in [0.25, 0.3) is 5.56 Å². The van der Waals surface area contributed by atoms with Crippen molar-refractivity contribution in [1.82, 2.24) is 9.66 Å². The summed E-state index contributed by atoms with van der Waals surface area (Å²) in [6.45, 7) is 6.45. The maximum absolute atomic E-state index is 14.0. The fraction of sp³-hybridized carbons (Fsp3) is 0.250. The van der Waals surface area contributed by atoms with Gasteiger partial charge in [0.2, 0.25) is 0 Å². The Morgan fingerprint density at radius 3 is 2.64 bits per heavy atom. The van der Waals surface area contributed by atoms with Gasteiger partial charge in [0.05, 0.1) is 23.7 Å². The minimum Gasteiger partial charge on any atom is -0.490 e. The molecule has 1 aromatic heterocycles. The Morgan fingerprint density at radius 2 is 1.89 bits per heavy atom. The quantitative estimate of drug-likeness (QED) is 0.218. The van der Waals surface area contributed by atoms with E-state index in [9.17, 15) is 9.18 Å². The summed E-state index contributed by atoms with van der Waals surface area (Å²) in [5.41, 5.74) is 1.58. The normalized spacial score (nSPS) is 12.2. The molecule has 1 atom stereocenters. The third-order valence-corrected chi connectivity index (χ3v) is 6.31. The van der Waals surface area contributed by atoms with E-state index in [-0.39, 0.29) is 23.9 Å². The van der Waals surface area contributed by atoms with E-state index < -0.39 is 0 Å². The van der Waals surface area contributed by atoms with E-state index in [1.165, 1.54) is 10.7 Å². The van der Waals surface area contributed by atoms with E-state index in [1.54, 1.807) is 42.6 Å². The fourth-order valence-electron chi connectivity index (χ4n) is 3.67. The van der Waals surface area contributed by atoms with Crippen LogP contribution < -0.4 is 15.0 Å². The minimum absolute atomic E-state index is 0.0380. The van der Waals surface area contributed by atoms with Gasteiger partial charge in [-0.3, -0.25) is 4.79 Å². The molecule has 6 nitrogen and oxygen atoms in total. The Labute approximate surface area is 217 Å². The lowest BCUT2D eigenvalue weighted by Crippen LogP contribution is -2.23. The van der Waals surface area contributed by atoms with Crippen molar-refractivity contribution in [3.05, 3.63) is 98.3 Å². The first-order valence-electron chi connectivity index (χ1n) is 11.8. The van der Waals surface area contributed by atoms with Crippen LogP contribution in [0.5, 0.6) is 11.5 Å². The maximum atomic E-state index is 14.0. The lowest BCUT2D eigenvalue weighted by Gasteiger charge is -2.14. The van der Waals surface area contributed by atoms with Gasteiger partial charge in [0.15, 0.2) is 11.5 Å². The minimum atomic E-state index is -0.321. The number of halogens is 2. The van der Waals surface area contributed by atoms with E-state index in [0.29, 0.717) is 46.0 Å². The SMILES string of the molecule is CCOc1cc(C=Nn2c([C@H](C)CC)nc3ccc(Br)cc3c2=O)ccc1OCc1ccccc1F. The first-order chi connectivity index (χ1) is 17.4. The van der Waals surface area contributed by atoms with Crippen molar-refractivity contribution < 1.29 is 13.9 Å². The number of hydrogen-bond donors (Lipinski definition) is 0. The van der Waals surface area contributed by atoms with Crippen LogP contribution in [0.2, 0.25) is 0 Å². The van der Waals surface area contributed by atoms with Crippen LogP contribution in [0.15, 0.2) is 75.0 Å². The lowest BCUT2D eigenvalue weighted by atomic mass is 10.1. The van der Waals surface area contributed by atoms with Crippen molar-refractivity contribution in [2.75, 3.05) is 6.61 Å². The summed E-state index contributed by atoms with van der Waals surface area (Å²) in [6.07, 6.45) is 2.41. The van der Waals surface area contributed by atoms with Crippen molar-refractivity contribution in [3.8, 4) is 11.5 Å². The number of ether oxygens (including phenoxy) is 2. The second-order valence-electron chi connectivity index (χ2n) is 8.32. The first kappa shape index (κ1) is 25.6. The Balaban J connectivity index is 1.68. The number of nitrogens with zero attached hydrogens (tertiary/aromatic N) is 3. The molecule has 36 heavy (non-hydrogen) atoms. The van der Waals surface area contributed by atoms with Gasteiger partial charge in [-0.1, -0.05) is 48.0 Å². The molecule has 0 saturated heterocycles. The number of rotatable bonds is 9. The standard InChI is InChI=1S/C28H27BrFN3O3/c1-4-18(3)27-32-24-12-11-21(29)15-22(24)28(34)33(27)31-16-19-10-13-25(26(14-19)35-5-2)36-17-20-8-6-7-9-23(20)30/h6-16,18H,4-5,17H2,1-3H3/t18-/m1/s1. The second kappa shape index (κ2) is 11.5. The van der Waals surface area contributed by atoms with Crippen molar-refractivity contribution >= 4 is 33.0 Å². The highest BCUT2D eigenvalue weighted by Gasteiger charge is 2.16. The maximum Gasteiger partial charge on any atom is 0.282 e. The molecule has 0 N–H and O–H groups in total. The summed E-state index contributed by atoms with van der Waals surface area (Å²) >= 11 is 3.43. The van der Waals surface area contributed by atoms with E-state index >= 15 is 0 Å². The van der Waals surface area contributed by atoms with Crippen LogP contribution in [0.4, 0.5) is 4.39 Å². The average Bonchev–Trinajstić information content (AvgIpc) is 2.88. The van der Waals surface area contributed by atoms with Crippen molar-refractivity contribution in [2.24, 2.45) is 5.10 Å². The molecule has 0 amide bonds. The number of aromatic nitrogens is 2. The molecule has 0 aliphatic heterocycles. The largest absolute Gasteiger partial charge is 0.490 e. The molecule has 4 rings (SSSR count). The van der Waals surface area contributed by atoms with Crippen molar-refractivity contribution in [1.29, 1.82) is 0 Å². The predicted octanol–water partition coefficient (Wildman–Crippen LogP) is 6.67. The summed E-state index contributed by atoms with van der Waals surface area (Å²) in [7, 11) is 0. The molecule has 4 aromatic rings. The number of benzene rings is 3. The molecule has 0 unspecified atom stereocenters. The highest BCUT2D eigenvalue weighted by atomic mass is 79.9. The highest BCUT2D eigenvalue weighted by Crippen LogP contribution is 2.29. The van der Waals surface area contributed by atoms with E-state index in [4.69, 9.17) is 14.5 Å². The molecule has 0 spiro atoms. The fourth-order valence-corrected chi connectivity index (χ4v) is 4.03. The third-order valence-electron chi connectivity index (χ3n) is 5.82. The molecule has 8 heteroatoms. The van der Waals surface area contributed by atoms with Gasteiger partial charge in [0.1, 0.15) is 18.2 Å². The van der Waals surface area contributed by atoms with Crippen LogP contribution in [0.3, 0.4) is 0 Å². The molecule has 0 aliphatic carbocycles. The van der Waals surface area contributed by atoms with E-state index in [1.807, 2.05) is 39.0 Å². The van der Waals surface area contributed by atoms with Crippen molar-refractivity contribution in [3.63, 3.8) is 0 Å². The molecule has 186 valence electrons. The Morgan fingerprint density at radius 1 is 1.08 bits per heavy atom. The molecule has 0 saturated carbocycles. The van der Waals surface area contributed by atoms with Crippen LogP contribution >= 0.6 is 15.9 Å². The summed E-state index contributed by atoms with van der Waals surface area (Å²) in [6, 6.07) is 17.3. The zero-order chi connectivity index (χ0) is 25.7. The van der Waals surface area contributed by atoms with Crippen LogP contribution in [0.25, 0.3) is 10.9 Å². The Bertz CT molecular complexity index is 1470. The van der Waals surface area contributed by atoms with Gasteiger partial charge < -0.3 is 9.47 Å². The first-order valence-corrected chi connectivity index (χ1v) is 12.6. The average molecular weight is 552 g/mol. The number of hydrogen-bond acceptors (Lipinski definition) is 5. The monoisotopic (exact) mass is 551 g/mol. The molecule has 0 radical (unpaired) electrons. The van der Waals surface area contributed by atoms with E-state index in [2.05, 4.69) is 21.0 Å². The third kappa shape index (κ3) is 5.65. The predicted molar refractivity (Wildman–Crippen MR) is 144 cm³/mol. The summed E-state index contributed by atoms with van der Waals surface area (Å²) in [5, 5.41) is 5.00. The molecule has 3 aromatic carbocycles. The summed E-state index contributed by atoms with van der Waals surface area (Å²) < 4.78 is 27.7. The summed E-state index contributed by atoms with van der Waals surface area (Å²) in [4.78, 5) is 18.1. The number of fused-ring (bicyclic) bond motifs is 1. The highest BCUT2D eigenvalue weighted by molar-refractivity contribution is 9.10. The molecule has 0 aliphatic rings. The Kier molecular flexibility index (Phi) is 8.15. The van der Waals surface area contributed by atoms with Gasteiger partial charge in [0, 0.05) is 16.0 Å². The zero-order valence-electron chi connectivity index (χ0n) is 20.4. The molecular formula is C28H27BrFN3O3. The van der Waals surface area contributed by atoms with Gasteiger partial charge in [-0.2, -0.15) is 9.78 Å². The van der Waals surface area contributed by atoms with E-state index in [0.717, 1.165) is 10.9 Å². The van der Waals surface area contributed by atoms with Crippen molar-refractivity contribution in [2.45, 2.75) is 39.7 Å². The lowest BCUT2D eigenvalue weighted by molar-refractivity contribution is 0.266. The van der Waals surface area contributed by atoms with Gasteiger partial charge in [-0.05, 0) is 61.4 Å². The molecule has 0 fully saturated rings. The smallest absolute Gasteiger partial charge is 0.282 e. The van der Waals surface area contributed by atoms with Gasteiger partial charge >= 0.3 is 0 Å². The van der Waals surface area contributed by atoms with Gasteiger partial charge in [-0.15, -0.1) is 0 Å². The summed E-state index contributed by atoms with van der Waals surface area (Å²) in [5.74, 6) is 1.32. The Hall–Kier alpha value is -3.52. The molecule has 1 heterocycles.